The molecule has 0 fully saturated rings. The molecule has 1 rings (SSSR count). The minimum Gasteiger partial charge on any atom is -0.387 e. The third-order valence-electron chi connectivity index (χ3n) is 1.45. The van der Waals surface area contributed by atoms with E-state index < -0.39 is 0 Å². The first-order valence-corrected chi connectivity index (χ1v) is 5.39. The third kappa shape index (κ3) is 3.00. The van der Waals surface area contributed by atoms with Crippen LogP contribution in [0.15, 0.2) is 27.8 Å². The second-order valence-electron chi connectivity index (χ2n) is 2.51. The van der Waals surface area contributed by atoms with Gasteiger partial charge in [-0.05, 0) is 35.0 Å². The van der Waals surface area contributed by atoms with Gasteiger partial charge in [0, 0.05) is 10.7 Å². The molecule has 0 amide bonds. The van der Waals surface area contributed by atoms with Gasteiger partial charge in [-0.1, -0.05) is 11.8 Å². The highest BCUT2D eigenvalue weighted by molar-refractivity contribution is 9.10. The molecule has 0 aromatic carbocycles. The summed E-state index contributed by atoms with van der Waals surface area (Å²) in [6.07, 6.45) is 1.72. The van der Waals surface area contributed by atoms with E-state index in [0.29, 0.717) is 0 Å². The summed E-state index contributed by atoms with van der Waals surface area (Å²) in [6, 6.07) is 3.77. The van der Waals surface area contributed by atoms with Crippen LogP contribution in [-0.2, 0) is 0 Å². The Morgan fingerprint density at radius 2 is 2.46 bits per heavy atom. The molecule has 0 spiro atoms. The Morgan fingerprint density at radius 1 is 1.77 bits per heavy atom. The zero-order chi connectivity index (χ0) is 9.84. The number of aromatic nitrogens is 1. The summed E-state index contributed by atoms with van der Waals surface area (Å²) < 4.78 is 0.938. The Morgan fingerprint density at radius 3 is 3.00 bits per heavy atom. The van der Waals surface area contributed by atoms with E-state index in [-0.39, 0.29) is 11.1 Å². The lowest BCUT2D eigenvalue weighted by molar-refractivity contribution is 1.10. The molecular weight excluding hydrogens is 250 g/mol. The van der Waals surface area contributed by atoms with Gasteiger partial charge in [-0.2, -0.15) is 0 Å². The highest BCUT2D eigenvalue weighted by atomic mass is 79.9. The average molecular weight is 260 g/mol. The Balaban J connectivity index is 2.74. The van der Waals surface area contributed by atoms with Crippen molar-refractivity contribution in [1.29, 1.82) is 5.41 Å². The zero-order valence-corrected chi connectivity index (χ0v) is 9.52. The van der Waals surface area contributed by atoms with Gasteiger partial charge in [0.1, 0.15) is 10.9 Å². The summed E-state index contributed by atoms with van der Waals surface area (Å²) in [4.78, 5) is 4.16. The SMILES string of the molecule is CC(Sc1ncccc1Br)C(=N)N. The van der Waals surface area contributed by atoms with Crippen LogP contribution in [-0.4, -0.2) is 16.1 Å². The highest BCUT2D eigenvalue weighted by Crippen LogP contribution is 2.27. The highest BCUT2D eigenvalue weighted by Gasteiger charge is 2.09. The fourth-order valence-corrected chi connectivity index (χ4v) is 1.99. The molecule has 1 aromatic rings. The predicted octanol–water partition coefficient (Wildman–Crippen LogP) is 2.26. The summed E-state index contributed by atoms with van der Waals surface area (Å²) >= 11 is 4.85. The summed E-state index contributed by atoms with van der Waals surface area (Å²) in [6.45, 7) is 1.88. The zero-order valence-electron chi connectivity index (χ0n) is 7.12. The molecule has 3 nitrogen and oxygen atoms in total. The molecule has 70 valence electrons. The van der Waals surface area contributed by atoms with E-state index in [0.717, 1.165) is 9.50 Å². The van der Waals surface area contributed by atoms with Crippen molar-refractivity contribution in [2.75, 3.05) is 0 Å². The Bertz CT molecular complexity index is 316. The largest absolute Gasteiger partial charge is 0.387 e. The van der Waals surface area contributed by atoms with Gasteiger partial charge in [-0.3, -0.25) is 5.41 Å². The number of nitrogens with two attached hydrogens (primary N) is 1. The van der Waals surface area contributed by atoms with Crippen LogP contribution in [0.25, 0.3) is 0 Å². The van der Waals surface area contributed by atoms with Crippen LogP contribution >= 0.6 is 27.7 Å². The third-order valence-corrected chi connectivity index (χ3v) is 3.51. The summed E-state index contributed by atoms with van der Waals surface area (Å²) in [5, 5.41) is 8.06. The molecule has 1 aromatic heterocycles. The topological polar surface area (TPSA) is 62.8 Å². The van der Waals surface area contributed by atoms with E-state index in [1.54, 1.807) is 6.20 Å². The molecule has 1 heterocycles. The number of pyridine rings is 1. The number of thioether (sulfide) groups is 1. The normalized spacial score (nSPS) is 12.5. The molecule has 0 aliphatic rings. The molecule has 5 heteroatoms. The minimum absolute atomic E-state index is 0.0359. The lowest BCUT2D eigenvalue weighted by Gasteiger charge is -2.08. The van der Waals surface area contributed by atoms with Crippen LogP contribution in [0.3, 0.4) is 0 Å². The van der Waals surface area contributed by atoms with E-state index in [9.17, 15) is 0 Å². The van der Waals surface area contributed by atoms with Crippen molar-refractivity contribution in [3.05, 3.63) is 22.8 Å². The van der Waals surface area contributed by atoms with Crippen molar-refractivity contribution < 1.29 is 0 Å². The molecule has 0 bridgehead atoms. The molecule has 0 aliphatic heterocycles. The number of hydrogen-bond donors (Lipinski definition) is 2. The fraction of sp³-hybridized carbons (Fsp3) is 0.250. The van der Waals surface area contributed by atoms with Gasteiger partial charge in [0.25, 0.3) is 0 Å². The molecule has 0 aliphatic carbocycles. The number of amidine groups is 1. The number of nitrogens with one attached hydrogen (secondary N) is 1. The summed E-state index contributed by atoms with van der Waals surface area (Å²) in [7, 11) is 0. The molecule has 1 unspecified atom stereocenters. The number of nitrogens with zero attached hydrogens (tertiary/aromatic N) is 1. The van der Waals surface area contributed by atoms with Crippen molar-refractivity contribution in [2.24, 2.45) is 5.73 Å². The second kappa shape index (κ2) is 4.62. The van der Waals surface area contributed by atoms with Crippen LogP contribution in [0.1, 0.15) is 6.92 Å². The summed E-state index contributed by atoms with van der Waals surface area (Å²) in [5.74, 6) is 0.169. The molecule has 0 saturated heterocycles. The lowest BCUT2D eigenvalue weighted by Crippen LogP contribution is -2.21. The van der Waals surface area contributed by atoms with E-state index in [1.165, 1.54) is 11.8 Å². The average Bonchev–Trinajstić information content (AvgIpc) is 2.08. The first kappa shape index (κ1) is 10.5. The molecular formula is C8H10BrN3S. The second-order valence-corrected chi connectivity index (χ2v) is 4.69. The Labute approximate surface area is 89.8 Å². The number of rotatable bonds is 3. The van der Waals surface area contributed by atoms with Gasteiger partial charge < -0.3 is 5.73 Å². The maximum Gasteiger partial charge on any atom is 0.111 e. The first-order valence-electron chi connectivity index (χ1n) is 3.72. The van der Waals surface area contributed by atoms with Crippen LogP contribution < -0.4 is 5.73 Å². The van der Waals surface area contributed by atoms with Crippen molar-refractivity contribution in [2.45, 2.75) is 17.2 Å². The minimum atomic E-state index is -0.0359. The van der Waals surface area contributed by atoms with Crippen LogP contribution in [0.4, 0.5) is 0 Å². The molecule has 0 saturated carbocycles. The first-order chi connectivity index (χ1) is 6.11. The van der Waals surface area contributed by atoms with Gasteiger partial charge in [-0.15, -0.1) is 0 Å². The quantitative estimate of drug-likeness (QED) is 0.497. The smallest absolute Gasteiger partial charge is 0.111 e. The molecule has 3 N–H and O–H groups in total. The number of hydrogen-bond acceptors (Lipinski definition) is 3. The standard InChI is InChI=1S/C8H10BrN3S/c1-5(7(10)11)13-8-6(9)3-2-4-12-8/h2-5H,1H3,(H3,10,11). The van der Waals surface area contributed by atoms with Gasteiger partial charge in [0.15, 0.2) is 0 Å². The van der Waals surface area contributed by atoms with Crippen molar-refractivity contribution in [1.82, 2.24) is 4.98 Å². The monoisotopic (exact) mass is 259 g/mol. The van der Waals surface area contributed by atoms with Crippen LogP contribution in [0.5, 0.6) is 0 Å². The van der Waals surface area contributed by atoms with Gasteiger partial charge >= 0.3 is 0 Å². The maximum atomic E-state index is 7.23. The molecule has 0 radical (unpaired) electrons. The Kier molecular flexibility index (Phi) is 3.74. The van der Waals surface area contributed by atoms with Gasteiger partial charge in [-0.25, -0.2) is 4.98 Å². The maximum absolute atomic E-state index is 7.23. The van der Waals surface area contributed by atoms with Crippen molar-refractivity contribution in [3.63, 3.8) is 0 Å². The Hall–Kier alpha value is -0.550. The van der Waals surface area contributed by atoms with Gasteiger partial charge in [0.2, 0.25) is 0 Å². The van der Waals surface area contributed by atoms with Crippen LogP contribution in [0, 0.1) is 5.41 Å². The fourth-order valence-electron chi connectivity index (χ4n) is 0.689. The van der Waals surface area contributed by atoms with E-state index in [1.807, 2.05) is 19.1 Å². The lowest BCUT2D eigenvalue weighted by atomic mass is 10.4. The van der Waals surface area contributed by atoms with E-state index >= 15 is 0 Å². The summed E-state index contributed by atoms with van der Waals surface area (Å²) in [5.41, 5.74) is 5.35. The number of halogens is 1. The van der Waals surface area contributed by atoms with E-state index in [4.69, 9.17) is 11.1 Å². The molecule has 13 heavy (non-hydrogen) atoms. The van der Waals surface area contributed by atoms with E-state index in [2.05, 4.69) is 20.9 Å². The van der Waals surface area contributed by atoms with Crippen LogP contribution in [0.2, 0.25) is 0 Å². The van der Waals surface area contributed by atoms with Crippen molar-refractivity contribution in [3.8, 4) is 0 Å². The van der Waals surface area contributed by atoms with Crippen molar-refractivity contribution >= 4 is 33.5 Å². The molecule has 1 atom stereocenters. The predicted molar refractivity (Wildman–Crippen MR) is 59.2 cm³/mol. The van der Waals surface area contributed by atoms with Gasteiger partial charge in [0.05, 0.1) is 5.25 Å².